The van der Waals surface area contributed by atoms with Crippen LogP contribution in [0.15, 0.2) is 53.3 Å². The van der Waals surface area contributed by atoms with Gasteiger partial charge in [0, 0.05) is 24.2 Å². The number of nitrogens with zero attached hydrogens (tertiary/aromatic N) is 5. The van der Waals surface area contributed by atoms with E-state index in [-0.39, 0.29) is 11.6 Å². The van der Waals surface area contributed by atoms with Crippen LogP contribution in [-0.2, 0) is 13.1 Å². The number of fused-ring (bicyclic) bond motifs is 1. The minimum Gasteiger partial charge on any atom is -0.497 e. The molecule has 1 atom stereocenters. The summed E-state index contributed by atoms with van der Waals surface area (Å²) in [5, 5.41) is 14.0. The average Bonchev–Trinajstić information content (AvgIpc) is 3.43. The highest BCUT2D eigenvalue weighted by molar-refractivity contribution is 5.80. The normalized spacial score (nSPS) is 15.1. The molecule has 1 N–H and O–H groups in total. The van der Waals surface area contributed by atoms with E-state index in [0.717, 1.165) is 65.0 Å². The lowest BCUT2D eigenvalue weighted by molar-refractivity contribution is 0.0812. The molecule has 9 nitrogen and oxygen atoms in total. The lowest BCUT2D eigenvalue weighted by atomic mass is 9.91. The van der Waals surface area contributed by atoms with Crippen LogP contribution in [0.2, 0.25) is 0 Å². The van der Waals surface area contributed by atoms with Gasteiger partial charge in [0.15, 0.2) is 5.82 Å². The molecule has 1 aliphatic rings. The molecule has 0 bridgehead atoms. The fraction of sp³-hybridized carbons (Fsp3) is 0.467. The van der Waals surface area contributed by atoms with Gasteiger partial charge in [0.25, 0.3) is 5.56 Å². The first kappa shape index (κ1) is 26.9. The molecule has 206 valence electrons. The second kappa shape index (κ2) is 12.4. The van der Waals surface area contributed by atoms with Gasteiger partial charge in [-0.05, 0) is 71.0 Å². The summed E-state index contributed by atoms with van der Waals surface area (Å²) in [6, 6.07) is 16.2. The number of tetrazole rings is 1. The molecule has 0 spiro atoms. The number of aromatic nitrogens is 5. The summed E-state index contributed by atoms with van der Waals surface area (Å²) in [4.78, 5) is 18.9. The molecule has 2 aromatic carbocycles. The van der Waals surface area contributed by atoms with Gasteiger partial charge in [0.1, 0.15) is 11.5 Å². The van der Waals surface area contributed by atoms with Crippen molar-refractivity contribution in [3.05, 3.63) is 75.8 Å². The SMILES string of the molecule is CCC[C@@H](c1nnnn1Cc1ccc(OC)cc1)N(Cc1cc2ccc(OC)cc2[nH]c1=O)C1CCCCC1. The van der Waals surface area contributed by atoms with Crippen molar-refractivity contribution in [1.82, 2.24) is 30.1 Å². The van der Waals surface area contributed by atoms with Crippen LogP contribution in [0, 0.1) is 0 Å². The number of ether oxygens (including phenoxy) is 2. The van der Waals surface area contributed by atoms with Crippen molar-refractivity contribution in [3.8, 4) is 11.5 Å². The first-order valence-corrected chi connectivity index (χ1v) is 13.9. The van der Waals surface area contributed by atoms with Crippen molar-refractivity contribution < 1.29 is 9.47 Å². The zero-order chi connectivity index (χ0) is 27.2. The molecule has 2 aromatic heterocycles. The van der Waals surface area contributed by atoms with Crippen LogP contribution >= 0.6 is 0 Å². The van der Waals surface area contributed by atoms with Crippen molar-refractivity contribution in [3.63, 3.8) is 0 Å². The van der Waals surface area contributed by atoms with Gasteiger partial charge in [-0.1, -0.05) is 44.7 Å². The molecule has 39 heavy (non-hydrogen) atoms. The number of nitrogens with one attached hydrogen (secondary N) is 1. The summed E-state index contributed by atoms with van der Waals surface area (Å²) < 4.78 is 12.6. The van der Waals surface area contributed by atoms with Crippen LogP contribution in [0.3, 0.4) is 0 Å². The maximum Gasteiger partial charge on any atom is 0.252 e. The Kier molecular flexibility index (Phi) is 8.56. The van der Waals surface area contributed by atoms with Crippen LogP contribution < -0.4 is 15.0 Å². The van der Waals surface area contributed by atoms with Crippen molar-refractivity contribution in [2.24, 2.45) is 0 Å². The highest BCUT2D eigenvalue weighted by Crippen LogP contribution is 2.34. The first-order chi connectivity index (χ1) is 19.1. The summed E-state index contributed by atoms with van der Waals surface area (Å²) >= 11 is 0. The molecule has 0 amide bonds. The molecular formula is C30H38N6O3. The van der Waals surface area contributed by atoms with Gasteiger partial charge in [-0.25, -0.2) is 4.68 Å². The quantitative estimate of drug-likeness (QED) is 0.283. The van der Waals surface area contributed by atoms with Gasteiger partial charge in [-0.15, -0.1) is 5.10 Å². The summed E-state index contributed by atoms with van der Waals surface area (Å²) in [5.74, 6) is 2.39. The van der Waals surface area contributed by atoms with Crippen molar-refractivity contribution in [1.29, 1.82) is 0 Å². The van der Waals surface area contributed by atoms with E-state index < -0.39 is 0 Å². The van der Waals surface area contributed by atoms with Gasteiger partial charge in [-0.3, -0.25) is 9.69 Å². The lowest BCUT2D eigenvalue weighted by Crippen LogP contribution is -2.41. The monoisotopic (exact) mass is 530 g/mol. The molecule has 0 radical (unpaired) electrons. The average molecular weight is 531 g/mol. The third-order valence-corrected chi connectivity index (χ3v) is 7.84. The van der Waals surface area contributed by atoms with E-state index in [1.165, 1.54) is 19.3 Å². The van der Waals surface area contributed by atoms with Crippen LogP contribution in [0.1, 0.15) is 74.9 Å². The number of hydrogen-bond acceptors (Lipinski definition) is 7. The molecule has 0 aliphatic heterocycles. The summed E-state index contributed by atoms with van der Waals surface area (Å²) in [7, 11) is 3.30. The highest BCUT2D eigenvalue weighted by atomic mass is 16.5. The van der Waals surface area contributed by atoms with Crippen LogP contribution in [0.5, 0.6) is 11.5 Å². The minimum absolute atomic E-state index is 0.00249. The summed E-state index contributed by atoms with van der Waals surface area (Å²) in [6.45, 7) is 3.31. The number of pyridine rings is 1. The van der Waals surface area contributed by atoms with Crippen LogP contribution in [0.25, 0.3) is 10.9 Å². The summed E-state index contributed by atoms with van der Waals surface area (Å²) in [6.07, 6.45) is 7.77. The maximum absolute atomic E-state index is 13.3. The third-order valence-electron chi connectivity index (χ3n) is 7.84. The topological polar surface area (TPSA) is 98.2 Å². The standard InChI is InChI=1S/C30H38N6O3/c1-4-8-28(29-32-33-34-36(29)19-21-11-14-25(38-2)15-12-21)35(24-9-6-5-7-10-24)20-23-17-22-13-16-26(39-3)18-27(22)31-30(23)37/h11-18,24,28H,4-10,19-20H2,1-3H3,(H,31,37)/t28-/m0/s1. The fourth-order valence-corrected chi connectivity index (χ4v) is 5.76. The fourth-order valence-electron chi connectivity index (χ4n) is 5.76. The molecule has 0 unspecified atom stereocenters. The maximum atomic E-state index is 13.3. The second-order valence-corrected chi connectivity index (χ2v) is 10.4. The number of benzene rings is 2. The Hall–Kier alpha value is -3.72. The van der Waals surface area contributed by atoms with E-state index in [1.54, 1.807) is 14.2 Å². The van der Waals surface area contributed by atoms with Gasteiger partial charge in [0.2, 0.25) is 0 Å². The number of aromatic amines is 1. The molecular weight excluding hydrogens is 492 g/mol. The first-order valence-electron chi connectivity index (χ1n) is 13.9. The van der Waals surface area contributed by atoms with Gasteiger partial charge in [0.05, 0.1) is 32.3 Å². The Morgan fingerprint density at radius 1 is 1.03 bits per heavy atom. The molecule has 4 aromatic rings. The Balaban J connectivity index is 1.49. The second-order valence-electron chi connectivity index (χ2n) is 10.4. The molecule has 5 rings (SSSR count). The van der Waals surface area contributed by atoms with Gasteiger partial charge >= 0.3 is 0 Å². The van der Waals surface area contributed by atoms with E-state index in [2.05, 4.69) is 32.3 Å². The number of rotatable bonds is 11. The van der Waals surface area contributed by atoms with E-state index in [0.29, 0.717) is 19.1 Å². The third kappa shape index (κ3) is 6.14. The smallest absolute Gasteiger partial charge is 0.252 e. The Labute approximate surface area is 229 Å². The van der Waals surface area contributed by atoms with Crippen molar-refractivity contribution in [2.75, 3.05) is 14.2 Å². The van der Waals surface area contributed by atoms with Crippen molar-refractivity contribution in [2.45, 2.75) is 77.0 Å². The number of hydrogen-bond donors (Lipinski definition) is 1. The minimum atomic E-state index is -0.0652. The van der Waals surface area contributed by atoms with Crippen molar-refractivity contribution >= 4 is 10.9 Å². The predicted molar refractivity (Wildman–Crippen MR) is 151 cm³/mol. The molecule has 1 saturated carbocycles. The molecule has 0 saturated heterocycles. The molecule has 1 aliphatic carbocycles. The number of methoxy groups -OCH3 is 2. The molecule has 1 fully saturated rings. The Morgan fingerprint density at radius 3 is 2.49 bits per heavy atom. The highest BCUT2D eigenvalue weighted by Gasteiger charge is 2.32. The summed E-state index contributed by atoms with van der Waals surface area (Å²) in [5.41, 5.74) is 2.57. The molecule has 2 heterocycles. The molecule has 9 heteroatoms. The number of H-pyrrole nitrogens is 1. The Morgan fingerprint density at radius 2 is 1.77 bits per heavy atom. The predicted octanol–water partition coefficient (Wildman–Crippen LogP) is 5.26. The van der Waals surface area contributed by atoms with Gasteiger partial charge < -0.3 is 14.5 Å². The zero-order valence-corrected chi connectivity index (χ0v) is 23.1. The Bertz CT molecular complexity index is 1420. The van der Waals surface area contributed by atoms with E-state index in [4.69, 9.17) is 9.47 Å². The van der Waals surface area contributed by atoms with E-state index in [1.807, 2.05) is 53.2 Å². The van der Waals surface area contributed by atoms with Crippen LogP contribution in [-0.4, -0.2) is 50.4 Å². The lowest BCUT2D eigenvalue weighted by Gasteiger charge is -2.39. The zero-order valence-electron chi connectivity index (χ0n) is 23.1. The largest absolute Gasteiger partial charge is 0.497 e. The van der Waals surface area contributed by atoms with E-state index >= 15 is 0 Å². The van der Waals surface area contributed by atoms with Gasteiger partial charge in [-0.2, -0.15) is 0 Å². The van der Waals surface area contributed by atoms with Crippen LogP contribution in [0.4, 0.5) is 0 Å². The van der Waals surface area contributed by atoms with E-state index in [9.17, 15) is 4.79 Å².